The summed E-state index contributed by atoms with van der Waals surface area (Å²) in [5.41, 5.74) is 0. The summed E-state index contributed by atoms with van der Waals surface area (Å²) in [6.07, 6.45) is 6.97. The molecule has 0 bridgehead atoms. The summed E-state index contributed by atoms with van der Waals surface area (Å²) in [7, 11) is 0. The molecule has 4 unspecified atom stereocenters. The van der Waals surface area contributed by atoms with Gasteiger partial charge >= 0.3 is 0 Å². The third-order valence-electron chi connectivity index (χ3n) is 4.88. The van der Waals surface area contributed by atoms with Crippen LogP contribution in [-0.2, 0) is 0 Å². The lowest BCUT2D eigenvalue weighted by Crippen LogP contribution is -2.50. The van der Waals surface area contributed by atoms with E-state index in [1.807, 2.05) is 0 Å². The average molecular weight is 238 g/mol. The Morgan fingerprint density at radius 1 is 1.18 bits per heavy atom. The van der Waals surface area contributed by atoms with Crippen molar-refractivity contribution in [2.75, 3.05) is 19.6 Å². The van der Waals surface area contributed by atoms with Gasteiger partial charge in [0, 0.05) is 25.2 Å². The van der Waals surface area contributed by atoms with E-state index in [4.69, 9.17) is 0 Å². The maximum atomic E-state index is 3.72. The summed E-state index contributed by atoms with van der Waals surface area (Å²) in [6, 6.07) is 1.55. The lowest BCUT2D eigenvalue weighted by molar-refractivity contribution is 0.101. The first-order valence-electron chi connectivity index (χ1n) is 7.66. The lowest BCUT2D eigenvalue weighted by atomic mass is 9.89. The molecule has 2 rings (SSSR count). The van der Waals surface area contributed by atoms with Gasteiger partial charge in [-0.05, 0) is 51.0 Å². The summed E-state index contributed by atoms with van der Waals surface area (Å²) in [5.74, 6) is 1.87. The molecule has 17 heavy (non-hydrogen) atoms. The van der Waals surface area contributed by atoms with Gasteiger partial charge in [0.2, 0.25) is 0 Å². The second kappa shape index (κ2) is 6.19. The van der Waals surface area contributed by atoms with E-state index in [0.29, 0.717) is 0 Å². The highest BCUT2D eigenvalue weighted by Crippen LogP contribution is 2.24. The molecule has 2 heterocycles. The van der Waals surface area contributed by atoms with Crippen molar-refractivity contribution in [2.24, 2.45) is 11.8 Å². The lowest BCUT2D eigenvalue weighted by Gasteiger charge is -2.40. The fourth-order valence-corrected chi connectivity index (χ4v) is 3.52. The molecule has 0 spiro atoms. The van der Waals surface area contributed by atoms with Gasteiger partial charge in [-0.1, -0.05) is 20.3 Å². The van der Waals surface area contributed by atoms with E-state index in [1.54, 1.807) is 0 Å². The third-order valence-corrected chi connectivity index (χ3v) is 4.88. The van der Waals surface area contributed by atoms with Crippen molar-refractivity contribution in [1.29, 1.82) is 0 Å². The number of nitrogens with zero attached hydrogens (tertiary/aromatic N) is 1. The van der Waals surface area contributed by atoms with Crippen LogP contribution in [0.15, 0.2) is 0 Å². The van der Waals surface area contributed by atoms with Gasteiger partial charge in [0.05, 0.1) is 0 Å². The van der Waals surface area contributed by atoms with Gasteiger partial charge in [-0.15, -0.1) is 0 Å². The molecule has 2 heteroatoms. The number of rotatable bonds is 3. The van der Waals surface area contributed by atoms with Crippen LogP contribution in [-0.4, -0.2) is 36.6 Å². The van der Waals surface area contributed by atoms with Crippen LogP contribution in [0.25, 0.3) is 0 Å². The highest BCUT2D eigenvalue weighted by Gasteiger charge is 2.27. The Hall–Kier alpha value is -0.0800. The van der Waals surface area contributed by atoms with Crippen LogP contribution in [0.3, 0.4) is 0 Å². The van der Waals surface area contributed by atoms with Crippen LogP contribution < -0.4 is 5.32 Å². The quantitative estimate of drug-likeness (QED) is 0.813. The Morgan fingerprint density at radius 2 is 2.00 bits per heavy atom. The highest BCUT2D eigenvalue weighted by molar-refractivity contribution is 4.84. The average Bonchev–Trinajstić information content (AvgIpc) is 2.34. The predicted octanol–water partition coefficient (Wildman–Crippen LogP) is 2.89. The minimum Gasteiger partial charge on any atom is -0.313 e. The first-order chi connectivity index (χ1) is 8.19. The maximum absolute atomic E-state index is 3.72. The van der Waals surface area contributed by atoms with E-state index in [-0.39, 0.29) is 0 Å². The van der Waals surface area contributed by atoms with Crippen molar-refractivity contribution in [3.8, 4) is 0 Å². The van der Waals surface area contributed by atoms with Gasteiger partial charge in [0.1, 0.15) is 0 Å². The molecule has 0 radical (unpaired) electrons. The number of piperidine rings is 2. The molecule has 0 saturated carbocycles. The smallest absolute Gasteiger partial charge is 0.0197 e. The Labute approximate surface area is 107 Å². The molecule has 2 nitrogen and oxygen atoms in total. The Balaban J connectivity index is 1.82. The second-order valence-corrected chi connectivity index (χ2v) is 6.44. The zero-order valence-electron chi connectivity index (χ0n) is 11.9. The Bertz CT molecular complexity index is 229. The Morgan fingerprint density at radius 3 is 2.76 bits per heavy atom. The standard InChI is InChI=1S/C15H30N2/c1-4-14-7-8-16-15(9-14)11-17-10-12(2)5-6-13(17)3/h12-16H,4-11H2,1-3H3. The molecule has 4 atom stereocenters. The normalized spacial score (nSPS) is 40.4. The maximum Gasteiger partial charge on any atom is 0.0197 e. The van der Waals surface area contributed by atoms with Gasteiger partial charge in [-0.3, -0.25) is 4.90 Å². The molecule has 0 aliphatic carbocycles. The monoisotopic (exact) mass is 238 g/mol. The van der Waals surface area contributed by atoms with Gasteiger partial charge in [-0.25, -0.2) is 0 Å². The second-order valence-electron chi connectivity index (χ2n) is 6.44. The van der Waals surface area contributed by atoms with Crippen molar-refractivity contribution in [1.82, 2.24) is 10.2 Å². The first kappa shape index (κ1) is 13.4. The fourth-order valence-electron chi connectivity index (χ4n) is 3.52. The minimum absolute atomic E-state index is 0.751. The van der Waals surface area contributed by atoms with Crippen molar-refractivity contribution in [3.05, 3.63) is 0 Å². The van der Waals surface area contributed by atoms with Crippen molar-refractivity contribution < 1.29 is 0 Å². The zero-order chi connectivity index (χ0) is 12.3. The van der Waals surface area contributed by atoms with Gasteiger partial charge in [0.25, 0.3) is 0 Å². The molecule has 2 fully saturated rings. The van der Waals surface area contributed by atoms with Crippen LogP contribution >= 0.6 is 0 Å². The minimum atomic E-state index is 0.751. The highest BCUT2D eigenvalue weighted by atomic mass is 15.2. The summed E-state index contributed by atoms with van der Waals surface area (Å²) < 4.78 is 0. The fraction of sp³-hybridized carbons (Fsp3) is 1.00. The molecule has 0 aromatic heterocycles. The number of hydrogen-bond acceptors (Lipinski definition) is 2. The van der Waals surface area contributed by atoms with Crippen molar-refractivity contribution in [3.63, 3.8) is 0 Å². The van der Waals surface area contributed by atoms with E-state index >= 15 is 0 Å². The van der Waals surface area contributed by atoms with Crippen LogP contribution in [0.1, 0.15) is 52.9 Å². The summed E-state index contributed by atoms with van der Waals surface area (Å²) in [5, 5.41) is 3.72. The van der Waals surface area contributed by atoms with Crippen LogP contribution in [0.5, 0.6) is 0 Å². The van der Waals surface area contributed by atoms with Gasteiger partial charge in [0.15, 0.2) is 0 Å². The molecule has 0 aromatic carbocycles. The summed E-state index contributed by atoms with van der Waals surface area (Å²) in [4.78, 5) is 2.73. The topological polar surface area (TPSA) is 15.3 Å². The zero-order valence-corrected chi connectivity index (χ0v) is 11.9. The van der Waals surface area contributed by atoms with E-state index in [1.165, 1.54) is 51.7 Å². The number of likely N-dealkylation sites (tertiary alicyclic amines) is 1. The number of nitrogens with one attached hydrogen (secondary N) is 1. The first-order valence-corrected chi connectivity index (χ1v) is 7.66. The van der Waals surface area contributed by atoms with Crippen LogP contribution in [0, 0.1) is 11.8 Å². The molecule has 0 aromatic rings. The molecule has 1 N–H and O–H groups in total. The van der Waals surface area contributed by atoms with Crippen molar-refractivity contribution >= 4 is 0 Å². The van der Waals surface area contributed by atoms with Gasteiger partial charge < -0.3 is 5.32 Å². The number of hydrogen-bond donors (Lipinski definition) is 1. The predicted molar refractivity (Wildman–Crippen MR) is 74.2 cm³/mol. The van der Waals surface area contributed by atoms with E-state index in [0.717, 1.165) is 23.9 Å². The molecule has 2 aliphatic heterocycles. The summed E-state index contributed by atoms with van der Waals surface area (Å²) in [6.45, 7) is 11.0. The molecular weight excluding hydrogens is 208 g/mol. The van der Waals surface area contributed by atoms with Gasteiger partial charge in [-0.2, -0.15) is 0 Å². The molecule has 2 saturated heterocycles. The van der Waals surface area contributed by atoms with E-state index in [2.05, 4.69) is 31.0 Å². The largest absolute Gasteiger partial charge is 0.313 e. The van der Waals surface area contributed by atoms with Crippen LogP contribution in [0.4, 0.5) is 0 Å². The molecule has 100 valence electrons. The molecular formula is C15H30N2. The Kier molecular flexibility index (Phi) is 4.87. The van der Waals surface area contributed by atoms with E-state index < -0.39 is 0 Å². The SMILES string of the molecule is CCC1CCNC(CN2CC(C)CCC2C)C1. The van der Waals surface area contributed by atoms with Crippen LogP contribution in [0.2, 0.25) is 0 Å². The van der Waals surface area contributed by atoms with E-state index in [9.17, 15) is 0 Å². The molecule has 0 amide bonds. The third kappa shape index (κ3) is 3.69. The van der Waals surface area contributed by atoms with Crippen molar-refractivity contribution in [2.45, 2.75) is 65.0 Å². The summed E-state index contributed by atoms with van der Waals surface area (Å²) >= 11 is 0. The molecule has 2 aliphatic rings.